The van der Waals surface area contributed by atoms with E-state index in [2.05, 4.69) is 39.7 Å². The standard InChI is InChI=1S/C27H26FIN2O5/c1-4-11-35-23-10-9-20(15-24(23)33-3)27(32)31-30-16-19-13-22(29)26(25(14-19)34-5-2)36-17-18-7-6-8-21(28)12-18/h4,6-10,12-16H,1,5,11,17H2,2-3H3,(H,31,32)/b30-16+. The SMILES string of the molecule is C=CCOc1ccc(C(=O)N/N=C/c2cc(I)c(OCc3cccc(F)c3)c(OCC)c2)cc1OC. The molecular formula is C27H26FIN2O5. The van der Waals surface area contributed by atoms with Gasteiger partial charge in [0.25, 0.3) is 5.91 Å². The molecule has 0 fully saturated rings. The molecule has 3 aromatic carbocycles. The Morgan fingerprint density at radius 1 is 1.08 bits per heavy atom. The molecule has 1 N–H and O–H groups in total. The van der Waals surface area contributed by atoms with Crippen molar-refractivity contribution in [2.24, 2.45) is 5.10 Å². The number of hydrogen-bond donors (Lipinski definition) is 1. The zero-order valence-corrected chi connectivity index (χ0v) is 22.1. The number of hydrogen-bond acceptors (Lipinski definition) is 6. The van der Waals surface area contributed by atoms with E-state index in [0.717, 1.165) is 3.57 Å². The predicted molar refractivity (Wildman–Crippen MR) is 145 cm³/mol. The van der Waals surface area contributed by atoms with Crippen molar-refractivity contribution in [2.75, 3.05) is 20.3 Å². The Bertz CT molecular complexity index is 1250. The molecule has 9 heteroatoms. The molecule has 0 aliphatic heterocycles. The number of carbonyl (C=O) groups is 1. The van der Waals surface area contributed by atoms with Gasteiger partial charge < -0.3 is 18.9 Å². The van der Waals surface area contributed by atoms with Crippen molar-refractivity contribution in [1.82, 2.24) is 5.43 Å². The van der Waals surface area contributed by atoms with Crippen LogP contribution in [-0.2, 0) is 6.61 Å². The number of ether oxygens (including phenoxy) is 4. The summed E-state index contributed by atoms with van der Waals surface area (Å²) in [6.07, 6.45) is 3.13. The third kappa shape index (κ3) is 7.45. The molecule has 0 saturated heterocycles. The van der Waals surface area contributed by atoms with Gasteiger partial charge in [0.05, 0.1) is 23.5 Å². The third-order valence-electron chi connectivity index (χ3n) is 4.77. The highest BCUT2D eigenvalue weighted by Gasteiger charge is 2.13. The van der Waals surface area contributed by atoms with Gasteiger partial charge in [0, 0.05) is 5.56 Å². The molecule has 0 heterocycles. The summed E-state index contributed by atoms with van der Waals surface area (Å²) in [5, 5.41) is 4.07. The molecule has 3 aromatic rings. The van der Waals surface area contributed by atoms with E-state index in [-0.39, 0.29) is 12.4 Å². The quantitative estimate of drug-likeness (QED) is 0.123. The van der Waals surface area contributed by atoms with Crippen LogP contribution in [0.4, 0.5) is 4.39 Å². The zero-order valence-electron chi connectivity index (χ0n) is 19.9. The summed E-state index contributed by atoms with van der Waals surface area (Å²) in [4.78, 5) is 12.6. The maximum absolute atomic E-state index is 13.5. The lowest BCUT2D eigenvalue weighted by molar-refractivity contribution is 0.0954. The first kappa shape index (κ1) is 27.0. The maximum Gasteiger partial charge on any atom is 0.271 e. The number of rotatable bonds is 12. The van der Waals surface area contributed by atoms with Crippen molar-refractivity contribution >= 4 is 34.7 Å². The van der Waals surface area contributed by atoms with Gasteiger partial charge >= 0.3 is 0 Å². The fraction of sp³-hybridized carbons (Fsp3) is 0.185. The second-order valence-corrected chi connectivity index (χ2v) is 8.51. The largest absolute Gasteiger partial charge is 0.493 e. The molecule has 36 heavy (non-hydrogen) atoms. The highest BCUT2D eigenvalue weighted by atomic mass is 127. The monoisotopic (exact) mass is 604 g/mol. The van der Waals surface area contributed by atoms with E-state index in [1.807, 2.05) is 13.0 Å². The number of carbonyl (C=O) groups excluding carboxylic acids is 1. The molecule has 0 unspecified atom stereocenters. The van der Waals surface area contributed by atoms with Crippen LogP contribution < -0.4 is 24.4 Å². The number of amides is 1. The van der Waals surface area contributed by atoms with Gasteiger partial charge in [0.15, 0.2) is 23.0 Å². The van der Waals surface area contributed by atoms with E-state index in [1.54, 1.807) is 42.5 Å². The molecule has 0 saturated carbocycles. The first-order valence-corrected chi connectivity index (χ1v) is 12.1. The minimum absolute atomic E-state index is 0.193. The Hall–Kier alpha value is -3.60. The van der Waals surface area contributed by atoms with Crippen LogP contribution >= 0.6 is 22.6 Å². The number of nitrogens with zero attached hydrogens (tertiary/aromatic N) is 1. The molecule has 3 rings (SSSR count). The zero-order chi connectivity index (χ0) is 25.9. The molecule has 0 aliphatic rings. The van der Waals surface area contributed by atoms with Gasteiger partial charge in [-0.1, -0.05) is 24.8 Å². The number of nitrogens with one attached hydrogen (secondary N) is 1. The number of benzene rings is 3. The average Bonchev–Trinajstić information content (AvgIpc) is 2.87. The van der Waals surface area contributed by atoms with Gasteiger partial charge in [0.1, 0.15) is 19.0 Å². The Morgan fingerprint density at radius 3 is 2.64 bits per heavy atom. The van der Waals surface area contributed by atoms with Crippen molar-refractivity contribution in [3.63, 3.8) is 0 Å². The summed E-state index contributed by atoms with van der Waals surface area (Å²) < 4.78 is 36.7. The summed E-state index contributed by atoms with van der Waals surface area (Å²) in [5.74, 6) is 1.28. The molecule has 1 amide bonds. The summed E-state index contributed by atoms with van der Waals surface area (Å²) in [7, 11) is 1.50. The summed E-state index contributed by atoms with van der Waals surface area (Å²) in [5.41, 5.74) is 4.28. The van der Waals surface area contributed by atoms with Crippen LogP contribution in [0.5, 0.6) is 23.0 Å². The summed E-state index contributed by atoms with van der Waals surface area (Å²) in [6, 6.07) is 14.7. The van der Waals surface area contributed by atoms with Crippen molar-refractivity contribution in [2.45, 2.75) is 13.5 Å². The van der Waals surface area contributed by atoms with E-state index in [9.17, 15) is 9.18 Å². The predicted octanol–water partition coefficient (Wildman–Crippen LogP) is 5.75. The van der Waals surface area contributed by atoms with E-state index in [1.165, 1.54) is 25.5 Å². The van der Waals surface area contributed by atoms with Gasteiger partial charge in [0.2, 0.25) is 0 Å². The number of methoxy groups -OCH3 is 1. The molecule has 0 bridgehead atoms. The third-order valence-corrected chi connectivity index (χ3v) is 5.57. The fourth-order valence-electron chi connectivity index (χ4n) is 3.15. The molecule has 0 spiro atoms. The van der Waals surface area contributed by atoms with Gasteiger partial charge in [-0.3, -0.25) is 4.79 Å². The smallest absolute Gasteiger partial charge is 0.271 e. The molecular weight excluding hydrogens is 578 g/mol. The minimum Gasteiger partial charge on any atom is -0.493 e. The second-order valence-electron chi connectivity index (χ2n) is 7.35. The first-order chi connectivity index (χ1) is 17.4. The second kappa shape index (κ2) is 13.5. The van der Waals surface area contributed by atoms with Crippen LogP contribution in [-0.4, -0.2) is 32.4 Å². The van der Waals surface area contributed by atoms with E-state index >= 15 is 0 Å². The fourth-order valence-corrected chi connectivity index (χ4v) is 3.94. The average molecular weight is 604 g/mol. The van der Waals surface area contributed by atoms with Crippen LogP contribution in [0.2, 0.25) is 0 Å². The Kier molecular flexibility index (Phi) is 10.1. The minimum atomic E-state index is -0.408. The van der Waals surface area contributed by atoms with Crippen LogP contribution in [0.3, 0.4) is 0 Å². The number of hydrazone groups is 1. The lowest BCUT2D eigenvalue weighted by Gasteiger charge is -2.15. The highest BCUT2D eigenvalue weighted by molar-refractivity contribution is 14.1. The topological polar surface area (TPSA) is 78.4 Å². The van der Waals surface area contributed by atoms with Crippen LogP contribution in [0.1, 0.15) is 28.4 Å². The Balaban J connectivity index is 1.70. The molecule has 188 valence electrons. The first-order valence-electron chi connectivity index (χ1n) is 11.0. The summed E-state index contributed by atoms with van der Waals surface area (Å²) >= 11 is 2.14. The maximum atomic E-state index is 13.5. The van der Waals surface area contributed by atoms with Crippen molar-refractivity contribution in [3.05, 3.63) is 93.3 Å². The molecule has 7 nitrogen and oxygen atoms in total. The molecule has 0 aromatic heterocycles. The van der Waals surface area contributed by atoms with Gasteiger partial charge in [-0.05, 0) is 83.1 Å². The Labute approximate surface area is 223 Å². The Morgan fingerprint density at radius 2 is 1.92 bits per heavy atom. The van der Waals surface area contributed by atoms with Gasteiger partial charge in [-0.2, -0.15) is 5.10 Å². The summed E-state index contributed by atoms with van der Waals surface area (Å²) in [6.45, 7) is 6.42. The molecule has 0 atom stereocenters. The highest BCUT2D eigenvalue weighted by Crippen LogP contribution is 2.34. The number of halogens is 2. The lowest BCUT2D eigenvalue weighted by atomic mass is 10.2. The van der Waals surface area contributed by atoms with Gasteiger partial charge in [-0.25, -0.2) is 9.82 Å². The van der Waals surface area contributed by atoms with Gasteiger partial charge in [-0.15, -0.1) is 0 Å². The van der Waals surface area contributed by atoms with E-state index < -0.39 is 5.91 Å². The van der Waals surface area contributed by atoms with E-state index in [0.29, 0.717) is 52.9 Å². The van der Waals surface area contributed by atoms with Crippen LogP contribution in [0.15, 0.2) is 72.4 Å². The van der Waals surface area contributed by atoms with Crippen LogP contribution in [0, 0.1) is 9.39 Å². The van der Waals surface area contributed by atoms with Crippen molar-refractivity contribution < 1.29 is 28.1 Å². The molecule has 0 aliphatic carbocycles. The lowest BCUT2D eigenvalue weighted by Crippen LogP contribution is -2.17. The van der Waals surface area contributed by atoms with Crippen LogP contribution in [0.25, 0.3) is 0 Å². The van der Waals surface area contributed by atoms with E-state index in [4.69, 9.17) is 18.9 Å². The van der Waals surface area contributed by atoms with Crippen molar-refractivity contribution in [1.29, 1.82) is 0 Å². The molecule has 0 radical (unpaired) electrons. The van der Waals surface area contributed by atoms with Crippen molar-refractivity contribution in [3.8, 4) is 23.0 Å². The normalized spacial score (nSPS) is 10.7.